The van der Waals surface area contributed by atoms with E-state index in [2.05, 4.69) is 10.6 Å². The Morgan fingerprint density at radius 2 is 2.00 bits per heavy atom. The summed E-state index contributed by atoms with van der Waals surface area (Å²) < 4.78 is 1.56. The molecule has 0 spiro atoms. The van der Waals surface area contributed by atoms with Crippen molar-refractivity contribution >= 4 is 18.1 Å². The number of nitrogens with zero attached hydrogens (tertiary/aromatic N) is 1. The average Bonchev–Trinajstić information content (AvgIpc) is 2.76. The van der Waals surface area contributed by atoms with Crippen LogP contribution in [0.4, 0.5) is 0 Å². The molecule has 1 saturated heterocycles. The molecule has 126 valence electrons. The molecule has 7 heteroatoms. The summed E-state index contributed by atoms with van der Waals surface area (Å²) in [5, 5.41) is 6.20. The topological polar surface area (TPSA) is 106 Å². The first-order valence-electron chi connectivity index (χ1n) is 7.87. The van der Waals surface area contributed by atoms with Crippen LogP contribution in [-0.4, -0.2) is 42.3 Å². The van der Waals surface area contributed by atoms with Crippen LogP contribution in [0.1, 0.15) is 44.9 Å². The highest BCUT2D eigenvalue weighted by atomic mass is 16.2. The molecule has 1 aliphatic heterocycles. The van der Waals surface area contributed by atoms with Gasteiger partial charge in [0.15, 0.2) is 6.29 Å². The number of rotatable bonds is 6. The first-order chi connectivity index (χ1) is 11.0. The molecule has 0 saturated carbocycles. The molecule has 0 aromatic carbocycles. The second-order valence-electron chi connectivity index (χ2n) is 6.04. The summed E-state index contributed by atoms with van der Waals surface area (Å²) in [5.41, 5.74) is 7.08. The van der Waals surface area contributed by atoms with Gasteiger partial charge in [0.25, 0.3) is 5.91 Å². The molecule has 0 bridgehead atoms. The summed E-state index contributed by atoms with van der Waals surface area (Å²) in [6, 6.07) is 0. The summed E-state index contributed by atoms with van der Waals surface area (Å²) >= 11 is 0. The van der Waals surface area contributed by atoms with Gasteiger partial charge in [0, 0.05) is 12.2 Å². The van der Waals surface area contributed by atoms with Crippen LogP contribution in [0.2, 0.25) is 0 Å². The van der Waals surface area contributed by atoms with Crippen molar-refractivity contribution in [2.45, 2.75) is 33.2 Å². The Morgan fingerprint density at radius 3 is 2.57 bits per heavy atom. The molecule has 2 amide bonds. The number of nitrogens with one attached hydrogen (secondary N) is 2. The van der Waals surface area contributed by atoms with Gasteiger partial charge in [-0.3, -0.25) is 14.4 Å². The van der Waals surface area contributed by atoms with E-state index < -0.39 is 5.91 Å². The van der Waals surface area contributed by atoms with Crippen molar-refractivity contribution in [2.75, 3.05) is 19.6 Å². The Bertz CT molecular complexity index is 615. The van der Waals surface area contributed by atoms with Crippen molar-refractivity contribution in [3.8, 4) is 0 Å². The fourth-order valence-electron chi connectivity index (χ4n) is 3.18. The lowest BCUT2D eigenvalue weighted by atomic mass is 9.98. The standard InChI is InChI=1S/C16H24N4O3/c1-10-13(9-21)20(11(2)15(10)16(17)23)8-14(22)19-7-12-3-5-18-6-4-12/h9,12,18H,3-8H2,1-2H3,(H2,17,23)(H,19,22). The number of carbonyl (C=O) groups excluding carboxylic acids is 3. The van der Waals surface area contributed by atoms with Crippen LogP contribution in [0, 0.1) is 19.8 Å². The minimum absolute atomic E-state index is 0.0129. The fourth-order valence-corrected chi connectivity index (χ4v) is 3.18. The Kier molecular flexibility index (Phi) is 5.54. The minimum Gasteiger partial charge on any atom is -0.366 e. The van der Waals surface area contributed by atoms with Gasteiger partial charge in [0.05, 0.1) is 11.3 Å². The molecule has 0 aliphatic carbocycles. The zero-order valence-corrected chi connectivity index (χ0v) is 13.6. The van der Waals surface area contributed by atoms with Crippen molar-refractivity contribution in [3.05, 3.63) is 22.5 Å². The Balaban J connectivity index is 2.06. The molecule has 23 heavy (non-hydrogen) atoms. The lowest BCUT2D eigenvalue weighted by Gasteiger charge is -2.22. The SMILES string of the molecule is Cc1c(C(N)=O)c(C)n(CC(=O)NCC2CCNCC2)c1C=O. The highest BCUT2D eigenvalue weighted by molar-refractivity contribution is 5.98. The van der Waals surface area contributed by atoms with Crippen LogP contribution >= 0.6 is 0 Å². The maximum Gasteiger partial charge on any atom is 0.250 e. The van der Waals surface area contributed by atoms with E-state index in [9.17, 15) is 14.4 Å². The van der Waals surface area contributed by atoms with Gasteiger partial charge < -0.3 is 20.9 Å². The average molecular weight is 320 g/mol. The van der Waals surface area contributed by atoms with Crippen LogP contribution < -0.4 is 16.4 Å². The molecule has 1 aromatic rings. The Morgan fingerprint density at radius 1 is 1.35 bits per heavy atom. The van der Waals surface area contributed by atoms with Crippen molar-refractivity contribution in [1.29, 1.82) is 0 Å². The first-order valence-corrected chi connectivity index (χ1v) is 7.87. The van der Waals surface area contributed by atoms with Crippen LogP contribution in [-0.2, 0) is 11.3 Å². The molecule has 0 atom stereocenters. The van der Waals surface area contributed by atoms with Gasteiger partial charge in [-0.2, -0.15) is 0 Å². The van der Waals surface area contributed by atoms with Gasteiger partial charge in [0.1, 0.15) is 6.54 Å². The molecule has 1 fully saturated rings. The van der Waals surface area contributed by atoms with E-state index in [1.165, 1.54) is 0 Å². The number of primary amides is 1. The molecule has 0 radical (unpaired) electrons. The number of hydrogen-bond donors (Lipinski definition) is 3. The van der Waals surface area contributed by atoms with E-state index in [4.69, 9.17) is 5.73 Å². The van der Waals surface area contributed by atoms with Gasteiger partial charge in [-0.1, -0.05) is 0 Å². The lowest BCUT2D eigenvalue weighted by Crippen LogP contribution is -2.37. The second-order valence-corrected chi connectivity index (χ2v) is 6.04. The summed E-state index contributed by atoms with van der Waals surface area (Å²) in [5.74, 6) is -0.267. The smallest absolute Gasteiger partial charge is 0.250 e. The van der Waals surface area contributed by atoms with Crippen molar-refractivity contribution in [2.24, 2.45) is 11.7 Å². The number of piperidine rings is 1. The van der Waals surface area contributed by atoms with Crippen molar-refractivity contribution in [1.82, 2.24) is 15.2 Å². The molecule has 2 heterocycles. The molecule has 1 aliphatic rings. The summed E-state index contributed by atoms with van der Waals surface area (Å²) in [7, 11) is 0. The van der Waals surface area contributed by atoms with E-state index in [0.29, 0.717) is 41.3 Å². The number of hydrogen-bond acceptors (Lipinski definition) is 4. The molecule has 1 aromatic heterocycles. The van der Waals surface area contributed by atoms with Gasteiger partial charge >= 0.3 is 0 Å². The third kappa shape index (κ3) is 3.79. The quantitative estimate of drug-likeness (QED) is 0.648. The van der Waals surface area contributed by atoms with Crippen LogP contribution in [0.15, 0.2) is 0 Å². The molecular weight excluding hydrogens is 296 g/mol. The zero-order valence-electron chi connectivity index (χ0n) is 13.6. The fraction of sp³-hybridized carbons (Fsp3) is 0.562. The molecule has 7 nitrogen and oxygen atoms in total. The van der Waals surface area contributed by atoms with Crippen LogP contribution in [0.25, 0.3) is 0 Å². The highest BCUT2D eigenvalue weighted by Gasteiger charge is 2.22. The van der Waals surface area contributed by atoms with Crippen LogP contribution in [0.5, 0.6) is 0 Å². The Labute approximate surface area is 135 Å². The normalized spacial score (nSPS) is 15.4. The maximum absolute atomic E-state index is 12.2. The molecular formula is C16H24N4O3. The van der Waals surface area contributed by atoms with Gasteiger partial charge in [-0.15, -0.1) is 0 Å². The van der Waals surface area contributed by atoms with Crippen molar-refractivity contribution in [3.63, 3.8) is 0 Å². The summed E-state index contributed by atoms with van der Waals surface area (Å²) in [6.45, 7) is 5.97. The van der Waals surface area contributed by atoms with Gasteiger partial charge in [0.2, 0.25) is 5.91 Å². The largest absolute Gasteiger partial charge is 0.366 e. The van der Waals surface area contributed by atoms with Gasteiger partial charge in [-0.05, 0) is 51.3 Å². The summed E-state index contributed by atoms with van der Waals surface area (Å²) in [4.78, 5) is 35.0. The zero-order chi connectivity index (χ0) is 17.0. The second kappa shape index (κ2) is 7.41. The predicted molar refractivity (Wildman–Crippen MR) is 86.4 cm³/mol. The summed E-state index contributed by atoms with van der Waals surface area (Å²) in [6.07, 6.45) is 2.76. The van der Waals surface area contributed by atoms with E-state index in [1.54, 1.807) is 18.4 Å². The predicted octanol–water partition coefficient (Wildman–Crippen LogP) is 0.132. The number of carbonyl (C=O) groups is 3. The minimum atomic E-state index is -0.586. The molecule has 0 unspecified atom stereocenters. The number of amides is 2. The number of nitrogens with two attached hydrogens (primary N) is 1. The van der Waals surface area contributed by atoms with E-state index >= 15 is 0 Å². The molecule has 4 N–H and O–H groups in total. The van der Waals surface area contributed by atoms with E-state index in [0.717, 1.165) is 25.9 Å². The number of aromatic nitrogens is 1. The maximum atomic E-state index is 12.2. The third-order valence-electron chi connectivity index (χ3n) is 4.52. The Hall–Kier alpha value is -2.15. The lowest BCUT2D eigenvalue weighted by molar-refractivity contribution is -0.121. The third-order valence-corrected chi connectivity index (χ3v) is 4.52. The van der Waals surface area contributed by atoms with Crippen molar-refractivity contribution < 1.29 is 14.4 Å². The first kappa shape index (κ1) is 17.2. The monoisotopic (exact) mass is 320 g/mol. The highest BCUT2D eigenvalue weighted by Crippen LogP contribution is 2.20. The van der Waals surface area contributed by atoms with E-state index in [1.807, 2.05) is 0 Å². The van der Waals surface area contributed by atoms with E-state index in [-0.39, 0.29) is 12.5 Å². The van der Waals surface area contributed by atoms with Crippen LogP contribution in [0.3, 0.4) is 0 Å². The number of aldehydes is 1. The molecule has 2 rings (SSSR count). The van der Waals surface area contributed by atoms with Gasteiger partial charge in [-0.25, -0.2) is 0 Å².